The fourth-order valence-electron chi connectivity index (χ4n) is 2.57. The first-order chi connectivity index (χ1) is 13.6. The van der Waals surface area contributed by atoms with E-state index in [1.807, 2.05) is 31.2 Å². The van der Waals surface area contributed by atoms with E-state index < -0.39 is 5.60 Å². The van der Waals surface area contributed by atoms with Gasteiger partial charge in [-0.3, -0.25) is 4.79 Å². The third-order valence-corrected chi connectivity index (χ3v) is 5.86. The molecule has 0 aliphatic rings. The number of fused-ring (bicyclic) bond motifs is 1. The summed E-state index contributed by atoms with van der Waals surface area (Å²) < 4.78 is 6.59. The number of rotatable bonds is 6. The summed E-state index contributed by atoms with van der Waals surface area (Å²) in [7, 11) is 0. The van der Waals surface area contributed by atoms with E-state index in [1.54, 1.807) is 32.2 Å². The van der Waals surface area contributed by atoms with E-state index in [-0.39, 0.29) is 11.9 Å². The topological polar surface area (TPSA) is 84.3 Å². The van der Waals surface area contributed by atoms with E-state index in [4.69, 9.17) is 16.3 Å². The van der Waals surface area contributed by atoms with Crippen molar-refractivity contribution in [2.24, 2.45) is 0 Å². The Balaban J connectivity index is 1.76. The lowest BCUT2D eigenvalue weighted by Gasteiger charge is -2.11. The molecule has 0 spiro atoms. The number of benzene rings is 1. The Kier molecular flexibility index (Phi) is 6.21. The Bertz CT molecular complexity index is 1060. The number of carbonyl (C=O) groups is 1. The summed E-state index contributed by atoms with van der Waals surface area (Å²) in [6, 6.07) is 7.09. The molecule has 1 aromatic carbocycles. The molecule has 3 aromatic rings. The van der Waals surface area contributed by atoms with Gasteiger partial charge in [0.25, 0.3) is 0 Å². The molecule has 2 N–H and O–H groups in total. The molecule has 0 bridgehead atoms. The third-order valence-electron chi connectivity index (χ3n) is 3.97. The highest BCUT2D eigenvalue weighted by molar-refractivity contribution is 7.19. The number of halogens is 1. The van der Waals surface area contributed by atoms with Gasteiger partial charge in [-0.15, -0.1) is 11.3 Å². The van der Waals surface area contributed by atoms with Crippen LogP contribution in [0, 0.1) is 0 Å². The Morgan fingerprint density at radius 3 is 2.72 bits per heavy atom. The lowest BCUT2D eigenvalue weighted by Crippen LogP contribution is -2.28. The normalized spacial score (nSPS) is 13.0. The first-order valence-electron chi connectivity index (χ1n) is 9.04. The van der Waals surface area contributed by atoms with Crippen molar-refractivity contribution in [2.45, 2.75) is 39.3 Å². The number of aromatic nitrogens is 2. The molecular weight excluding hydrogens is 410 g/mol. The highest BCUT2D eigenvalue weighted by Gasteiger charge is 2.22. The number of ether oxygens (including phenoxy) is 1. The number of amides is 1. The minimum Gasteiger partial charge on any atom is -0.437 e. The number of nitrogens with zero attached hydrogens (tertiary/aromatic N) is 2. The Morgan fingerprint density at radius 1 is 1.34 bits per heavy atom. The van der Waals surface area contributed by atoms with Gasteiger partial charge in [0.15, 0.2) is 0 Å². The molecule has 29 heavy (non-hydrogen) atoms. The van der Waals surface area contributed by atoms with Crippen LogP contribution in [-0.2, 0) is 10.4 Å². The highest BCUT2D eigenvalue weighted by atomic mass is 35.5. The molecule has 0 aliphatic heterocycles. The number of pyridine rings is 1. The summed E-state index contributed by atoms with van der Waals surface area (Å²) in [5.41, 5.74) is 0.565. The Hall–Kier alpha value is -2.48. The zero-order valence-electron chi connectivity index (χ0n) is 16.6. The minimum absolute atomic E-state index is 0.0674. The van der Waals surface area contributed by atoms with Gasteiger partial charge >= 0.3 is 0 Å². The van der Waals surface area contributed by atoms with Crippen molar-refractivity contribution in [2.75, 3.05) is 0 Å². The van der Waals surface area contributed by atoms with Crippen LogP contribution in [0.15, 0.2) is 36.5 Å². The van der Waals surface area contributed by atoms with Gasteiger partial charge in [0.05, 0.1) is 10.2 Å². The molecule has 1 atom stereocenters. The molecule has 0 aliphatic carbocycles. The first-order valence-corrected chi connectivity index (χ1v) is 10.2. The Labute approximate surface area is 178 Å². The van der Waals surface area contributed by atoms with Crippen LogP contribution in [0.5, 0.6) is 11.6 Å². The fourth-order valence-corrected chi connectivity index (χ4v) is 3.88. The summed E-state index contributed by atoms with van der Waals surface area (Å²) in [5.74, 6) is 0.805. The number of hydrogen-bond donors (Lipinski definition) is 2. The van der Waals surface area contributed by atoms with Gasteiger partial charge in [-0.1, -0.05) is 23.8 Å². The van der Waals surface area contributed by atoms with E-state index in [0.29, 0.717) is 27.2 Å². The average Bonchev–Trinajstić information content (AvgIpc) is 3.08. The lowest BCUT2D eigenvalue weighted by atomic mass is 10.1. The molecule has 3 rings (SSSR count). The molecule has 6 nitrogen and oxygen atoms in total. The summed E-state index contributed by atoms with van der Waals surface area (Å²) in [4.78, 5) is 19.8. The number of nitrogens with one attached hydrogen (secondary N) is 1. The van der Waals surface area contributed by atoms with Crippen LogP contribution >= 0.6 is 22.9 Å². The van der Waals surface area contributed by atoms with Gasteiger partial charge in [0, 0.05) is 25.2 Å². The second-order valence-corrected chi connectivity index (χ2v) is 8.56. The standard InChI is InChI=1S/C21H22ClN3O3S/c1-12(24-13(2)26)5-6-14-7-10-17(23-11-14)28-16-9-8-15-19(18(16)22)29-20(25-15)21(3,4)27/h5-12,27H,1-4H3,(H,24,26)/b6-5+/t12-/m0/s1. The van der Waals surface area contributed by atoms with Crippen LogP contribution in [-0.4, -0.2) is 27.0 Å². The van der Waals surface area contributed by atoms with Crippen LogP contribution < -0.4 is 10.1 Å². The molecule has 0 unspecified atom stereocenters. The molecule has 0 saturated carbocycles. The predicted molar refractivity (Wildman–Crippen MR) is 116 cm³/mol. The maximum Gasteiger partial charge on any atom is 0.219 e. The van der Waals surface area contributed by atoms with Crippen molar-refractivity contribution in [3.8, 4) is 11.6 Å². The largest absolute Gasteiger partial charge is 0.437 e. The van der Waals surface area contributed by atoms with Gasteiger partial charge in [-0.25, -0.2) is 9.97 Å². The molecule has 0 saturated heterocycles. The highest BCUT2D eigenvalue weighted by Crippen LogP contribution is 2.40. The SMILES string of the molecule is CC(=O)N[C@@H](C)/C=C/c1ccc(Oc2ccc3nc(C(C)(C)O)sc3c2Cl)nc1. The smallest absolute Gasteiger partial charge is 0.219 e. The van der Waals surface area contributed by atoms with Gasteiger partial charge < -0.3 is 15.2 Å². The van der Waals surface area contributed by atoms with Crippen molar-refractivity contribution < 1.29 is 14.6 Å². The summed E-state index contributed by atoms with van der Waals surface area (Å²) in [6.07, 6.45) is 5.44. The maximum atomic E-state index is 11.0. The zero-order chi connectivity index (χ0) is 21.2. The molecular formula is C21H22ClN3O3S. The average molecular weight is 432 g/mol. The van der Waals surface area contributed by atoms with E-state index >= 15 is 0 Å². The van der Waals surface area contributed by atoms with Crippen molar-refractivity contribution >= 4 is 45.1 Å². The van der Waals surface area contributed by atoms with Gasteiger partial charge in [0.2, 0.25) is 11.8 Å². The maximum absolute atomic E-state index is 11.0. The van der Waals surface area contributed by atoms with E-state index in [1.165, 1.54) is 18.3 Å². The summed E-state index contributed by atoms with van der Waals surface area (Å²) in [5, 5.41) is 14.0. The Morgan fingerprint density at radius 2 is 2.10 bits per heavy atom. The molecule has 0 radical (unpaired) electrons. The number of carbonyl (C=O) groups excluding carboxylic acids is 1. The van der Waals surface area contributed by atoms with Crippen LogP contribution in [0.25, 0.3) is 16.3 Å². The van der Waals surface area contributed by atoms with Gasteiger partial charge in [0.1, 0.15) is 21.4 Å². The summed E-state index contributed by atoms with van der Waals surface area (Å²) >= 11 is 7.84. The monoisotopic (exact) mass is 431 g/mol. The molecule has 0 fully saturated rings. The number of aliphatic hydroxyl groups is 1. The lowest BCUT2D eigenvalue weighted by molar-refractivity contribution is -0.119. The van der Waals surface area contributed by atoms with E-state index in [0.717, 1.165) is 10.3 Å². The molecule has 1 amide bonds. The minimum atomic E-state index is -1.03. The molecule has 2 aromatic heterocycles. The van der Waals surface area contributed by atoms with Crippen molar-refractivity contribution in [3.63, 3.8) is 0 Å². The van der Waals surface area contributed by atoms with Crippen molar-refractivity contribution in [1.82, 2.24) is 15.3 Å². The van der Waals surface area contributed by atoms with E-state index in [2.05, 4.69) is 15.3 Å². The van der Waals surface area contributed by atoms with Crippen LogP contribution in [0.2, 0.25) is 5.02 Å². The van der Waals surface area contributed by atoms with Crippen LogP contribution in [0.1, 0.15) is 38.3 Å². The molecule has 152 valence electrons. The van der Waals surface area contributed by atoms with E-state index in [9.17, 15) is 9.90 Å². The fraction of sp³-hybridized carbons (Fsp3) is 0.286. The van der Waals surface area contributed by atoms with Crippen LogP contribution in [0.3, 0.4) is 0 Å². The third kappa shape index (κ3) is 5.32. The first kappa shape index (κ1) is 21.2. The second kappa shape index (κ2) is 8.49. The van der Waals surface area contributed by atoms with Gasteiger partial charge in [-0.2, -0.15) is 0 Å². The van der Waals surface area contributed by atoms with Crippen molar-refractivity contribution in [3.05, 3.63) is 52.1 Å². The van der Waals surface area contributed by atoms with Crippen molar-refractivity contribution in [1.29, 1.82) is 0 Å². The second-order valence-electron chi connectivity index (χ2n) is 7.18. The van der Waals surface area contributed by atoms with Gasteiger partial charge in [-0.05, 0) is 44.5 Å². The predicted octanol–water partition coefficient (Wildman–Crippen LogP) is 4.90. The summed E-state index contributed by atoms with van der Waals surface area (Å²) in [6.45, 7) is 6.75. The van der Waals surface area contributed by atoms with Crippen LogP contribution in [0.4, 0.5) is 0 Å². The quantitative estimate of drug-likeness (QED) is 0.579. The number of hydrogen-bond acceptors (Lipinski definition) is 6. The zero-order valence-corrected chi connectivity index (χ0v) is 18.1. The molecule has 2 heterocycles. The number of thiazole rings is 1. The molecule has 8 heteroatoms.